The number of benzene rings is 1. The van der Waals surface area contributed by atoms with Crippen molar-refractivity contribution in [1.29, 1.82) is 0 Å². The lowest BCUT2D eigenvalue weighted by Gasteiger charge is -2.30. The number of amides is 1. The van der Waals surface area contributed by atoms with Crippen LogP contribution in [0, 0.1) is 12.8 Å². The van der Waals surface area contributed by atoms with Crippen molar-refractivity contribution in [3.05, 3.63) is 29.5 Å². The summed E-state index contributed by atoms with van der Waals surface area (Å²) >= 11 is 0. The Morgan fingerprint density at radius 1 is 1.39 bits per heavy atom. The van der Waals surface area contributed by atoms with Gasteiger partial charge < -0.3 is 19.2 Å². The molecule has 1 aliphatic heterocycles. The highest BCUT2D eigenvalue weighted by molar-refractivity contribution is 6.00. The zero-order chi connectivity index (χ0) is 16.6. The van der Waals surface area contributed by atoms with Crippen LogP contribution in [0.3, 0.4) is 0 Å². The Morgan fingerprint density at radius 2 is 2.17 bits per heavy atom. The maximum Gasteiger partial charge on any atom is 0.308 e. The van der Waals surface area contributed by atoms with Crippen molar-refractivity contribution in [2.45, 2.75) is 19.8 Å². The van der Waals surface area contributed by atoms with Gasteiger partial charge in [0.25, 0.3) is 5.91 Å². The highest BCUT2D eigenvalue weighted by Crippen LogP contribution is 2.33. The van der Waals surface area contributed by atoms with E-state index in [1.807, 2.05) is 19.1 Å². The second-order valence-corrected chi connectivity index (χ2v) is 5.82. The number of aliphatic carboxylic acids is 1. The average molecular weight is 317 g/mol. The minimum absolute atomic E-state index is 0.224. The van der Waals surface area contributed by atoms with Crippen LogP contribution < -0.4 is 4.74 Å². The van der Waals surface area contributed by atoms with E-state index in [1.165, 1.54) is 0 Å². The molecular weight excluding hydrogens is 298 g/mol. The highest BCUT2D eigenvalue weighted by atomic mass is 16.5. The molecule has 0 saturated carbocycles. The molecule has 6 heteroatoms. The zero-order valence-electron chi connectivity index (χ0n) is 13.2. The lowest BCUT2D eigenvalue weighted by atomic mass is 9.98. The van der Waals surface area contributed by atoms with Crippen molar-refractivity contribution >= 4 is 22.8 Å². The largest absolute Gasteiger partial charge is 0.493 e. The van der Waals surface area contributed by atoms with Crippen molar-refractivity contribution in [1.82, 2.24) is 4.90 Å². The van der Waals surface area contributed by atoms with E-state index in [0.717, 1.165) is 10.9 Å². The van der Waals surface area contributed by atoms with Gasteiger partial charge in [0.15, 0.2) is 17.1 Å². The fraction of sp³-hybridized carbons (Fsp3) is 0.412. The Bertz CT molecular complexity index is 764. The Balaban J connectivity index is 1.95. The van der Waals surface area contributed by atoms with E-state index < -0.39 is 11.9 Å². The normalized spacial score (nSPS) is 18.2. The molecule has 1 saturated heterocycles. The molecule has 1 aliphatic rings. The lowest BCUT2D eigenvalue weighted by Crippen LogP contribution is -2.42. The molecule has 0 radical (unpaired) electrons. The summed E-state index contributed by atoms with van der Waals surface area (Å²) in [6, 6.07) is 5.50. The molecule has 1 amide bonds. The molecule has 2 heterocycles. The highest BCUT2D eigenvalue weighted by Gasteiger charge is 2.31. The fourth-order valence-corrected chi connectivity index (χ4v) is 3.09. The molecule has 0 bridgehead atoms. The van der Waals surface area contributed by atoms with Crippen LogP contribution in [0.1, 0.15) is 29.0 Å². The predicted octanol–water partition coefficient (Wildman–Crippen LogP) is 2.69. The second kappa shape index (κ2) is 5.95. The first-order valence-electron chi connectivity index (χ1n) is 7.61. The summed E-state index contributed by atoms with van der Waals surface area (Å²) < 4.78 is 11.0. The van der Waals surface area contributed by atoms with E-state index in [2.05, 4.69) is 0 Å². The number of furan rings is 1. The number of carboxylic acid groups (broad SMARTS) is 1. The number of carbonyl (C=O) groups is 2. The summed E-state index contributed by atoms with van der Waals surface area (Å²) in [5, 5.41) is 10.0. The van der Waals surface area contributed by atoms with Gasteiger partial charge in [0.05, 0.1) is 13.0 Å². The number of hydrogen-bond donors (Lipinski definition) is 1. The molecule has 1 unspecified atom stereocenters. The van der Waals surface area contributed by atoms with Gasteiger partial charge in [-0.1, -0.05) is 12.1 Å². The van der Waals surface area contributed by atoms with Crippen LogP contribution >= 0.6 is 0 Å². The number of carboxylic acids is 1. The van der Waals surface area contributed by atoms with Crippen molar-refractivity contribution in [2.75, 3.05) is 20.2 Å². The SMILES string of the molecule is COc1cccc2c(C)c(C(=O)N3CCCC(C(=O)O)C3)oc12. The summed E-state index contributed by atoms with van der Waals surface area (Å²) in [6.45, 7) is 2.61. The van der Waals surface area contributed by atoms with Gasteiger partial charge in [-0.3, -0.25) is 9.59 Å². The molecule has 2 aromatic rings. The zero-order valence-corrected chi connectivity index (χ0v) is 13.2. The van der Waals surface area contributed by atoms with E-state index >= 15 is 0 Å². The number of fused-ring (bicyclic) bond motifs is 1. The Hall–Kier alpha value is -2.50. The number of hydrogen-bond acceptors (Lipinski definition) is 4. The van der Waals surface area contributed by atoms with Gasteiger partial charge in [-0.05, 0) is 25.8 Å². The van der Waals surface area contributed by atoms with E-state index in [-0.39, 0.29) is 18.2 Å². The molecule has 1 N–H and O–H groups in total. The average Bonchev–Trinajstić information content (AvgIpc) is 2.91. The summed E-state index contributed by atoms with van der Waals surface area (Å²) in [4.78, 5) is 25.5. The third-order valence-corrected chi connectivity index (χ3v) is 4.40. The van der Waals surface area contributed by atoms with Crippen LogP contribution in [0.25, 0.3) is 11.0 Å². The molecule has 1 atom stereocenters. The van der Waals surface area contributed by atoms with E-state index in [4.69, 9.17) is 14.3 Å². The molecule has 0 spiro atoms. The monoisotopic (exact) mass is 317 g/mol. The van der Waals surface area contributed by atoms with Crippen LogP contribution in [0.2, 0.25) is 0 Å². The van der Waals surface area contributed by atoms with E-state index in [9.17, 15) is 9.59 Å². The van der Waals surface area contributed by atoms with Gasteiger partial charge in [-0.25, -0.2) is 0 Å². The minimum Gasteiger partial charge on any atom is -0.493 e. The summed E-state index contributed by atoms with van der Waals surface area (Å²) in [5.41, 5.74) is 1.30. The number of rotatable bonds is 3. The molecule has 6 nitrogen and oxygen atoms in total. The van der Waals surface area contributed by atoms with Crippen LogP contribution in [-0.4, -0.2) is 42.1 Å². The second-order valence-electron chi connectivity index (χ2n) is 5.82. The molecule has 23 heavy (non-hydrogen) atoms. The third-order valence-electron chi connectivity index (χ3n) is 4.40. The number of para-hydroxylation sites is 1. The molecular formula is C17H19NO5. The van der Waals surface area contributed by atoms with Gasteiger partial charge >= 0.3 is 5.97 Å². The van der Waals surface area contributed by atoms with Gasteiger partial charge in [0.2, 0.25) is 0 Å². The number of aryl methyl sites for hydroxylation is 1. The number of methoxy groups -OCH3 is 1. The smallest absolute Gasteiger partial charge is 0.308 e. The fourth-order valence-electron chi connectivity index (χ4n) is 3.09. The van der Waals surface area contributed by atoms with Crippen LogP contribution in [-0.2, 0) is 4.79 Å². The minimum atomic E-state index is -0.856. The number of carbonyl (C=O) groups excluding carboxylic acids is 1. The maximum atomic E-state index is 12.8. The summed E-state index contributed by atoms with van der Waals surface area (Å²) in [6.07, 6.45) is 1.29. The molecule has 3 rings (SSSR count). The van der Waals surface area contributed by atoms with Crippen LogP contribution in [0.15, 0.2) is 22.6 Å². The third kappa shape index (κ3) is 2.65. The number of likely N-dealkylation sites (tertiary alicyclic amines) is 1. The number of nitrogens with zero attached hydrogens (tertiary/aromatic N) is 1. The van der Waals surface area contributed by atoms with Crippen molar-refractivity contribution in [2.24, 2.45) is 5.92 Å². The summed E-state index contributed by atoms with van der Waals surface area (Å²) in [5.74, 6) is -0.786. The molecule has 0 aliphatic carbocycles. The van der Waals surface area contributed by atoms with Crippen molar-refractivity contribution < 1.29 is 23.8 Å². The van der Waals surface area contributed by atoms with E-state index in [0.29, 0.717) is 30.7 Å². The Morgan fingerprint density at radius 3 is 2.87 bits per heavy atom. The molecule has 122 valence electrons. The first-order valence-corrected chi connectivity index (χ1v) is 7.61. The lowest BCUT2D eigenvalue weighted by molar-refractivity contribution is -0.143. The number of ether oxygens (including phenoxy) is 1. The van der Waals surface area contributed by atoms with Gasteiger partial charge in [-0.2, -0.15) is 0 Å². The van der Waals surface area contributed by atoms with Gasteiger partial charge in [0.1, 0.15) is 0 Å². The van der Waals surface area contributed by atoms with E-state index in [1.54, 1.807) is 18.1 Å². The first kappa shape index (κ1) is 15.4. The summed E-state index contributed by atoms with van der Waals surface area (Å²) in [7, 11) is 1.55. The predicted molar refractivity (Wildman–Crippen MR) is 83.8 cm³/mol. The topological polar surface area (TPSA) is 80.0 Å². The Labute approximate surface area is 133 Å². The van der Waals surface area contributed by atoms with Crippen molar-refractivity contribution in [3.8, 4) is 5.75 Å². The van der Waals surface area contributed by atoms with Crippen molar-refractivity contribution in [3.63, 3.8) is 0 Å². The quantitative estimate of drug-likeness (QED) is 0.941. The first-order chi connectivity index (χ1) is 11.0. The maximum absolute atomic E-state index is 12.8. The molecule has 1 fully saturated rings. The van der Waals surface area contributed by atoms with Crippen LogP contribution in [0.5, 0.6) is 5.75 Å². The van der Waals surface area contributed by atoms with Gasteiger partial charge in [-0.15, -0.1) is 0 Å². The van der Waals surface area contributed by atoms with Crippen LogP contribution in [0.4, 0.5) is 0 Å². The van der Waals surface area contributed by atoms with Gasteiger partial charge in [0, 0.05) is 24.0 Å². The molecule has 1 aromatic carbocycles. The Kier molecular flexibility index (Phi) is 3.98. The standard InChI is InChI=1S/C17H19NO5/c1-10-12-6-3-7-13(22-2)15(12)23-14(10)16(19)18-8-4-5-11(9-18)17(20)21/h3,6-7,11H,4-5,8-9H2,1-2H3,(H,20,21). The molecule has 1 aromatic heterocycles. The number of piperidine rings is 1.